The summed E-state index contributed by atoms with van der Waals surface area (Å²) in [5.41, 5.74) is 0.959. The number of benzene rings is 1. The minimum atomic E-state index is -0.866. The normalized spacial score (nSPS) is 23.0. The van der Waals surface area contributed by atoms with Crippen LogP contribution in [-0.2, 0) is 14.9 Å². The number of likely N-dealkylation sites (tertiary alicyclic amines) is 2. The van der Waals surface area contributed by atoms with E-state index in [1.807, 2.05) is 26.0 Å². The Morgan fingerprint density at radius 3 is 2.19 bits per heavy atom. The van der Waals surface area contributed by atoms with Crippen molar-refractivity contribution in [2.24, 2.45) is 5.92 Å². The van der Waals surface area contributed by atoms with Crippen molar-refractivity contribution < 1.29 is 24.2 Å². The fraction of sp³-hybridized carbons (Fsp3) is 0.679. The van der Waals surface area contributed by atoms with Crippen LogP contribution in [0.15, 0.2) is 24.3 Å². The number of hydrogen-bond acceptors (Lipinski definition) is 5. The zero-order chi connectivity index (χ0) is 27.0. The molecule has 1 aromatic carbocycles. The summed E-state index contributed by atoms with van der Waals surface area (Å²) in [6, 6.07) is 5.93. The highest BCUT2D eigenvalue weighted by Gasteiger charge is 2.53. The van der Waals surface area contributed by atoms with Gasteiger partial charge in [0.15, 0.2) is 0 Å². The average molecular weight is 502 g/mol. The highest BCUT2D eigenvalue weighted by atomic mass is 16.6. The lowest BCUT2D eigenvalue weighted by atomic mass is 9.86. The van der Waals surface area contributed by atoms with Gasteiger partial charge in [-0.25, -0.2) is 4.79 Å². The van der Waals surface area contributed by atoms with Gasteiger partial charge in [-0.3, -0.25) is 9.59 Å². The molecule has 8 nitrogen and oxygen atoms in total. The third-order valence-electron chi connectivity index (χ3n) is 6.83. The van der Waals surface area contributed by atoms with Crippen LogP contribution < -0.4 is 5.32 Å². The van der Waals surface area contributed by atoms with Crippen molar-refractivity contribution in [3.05, 3.63) is 35.4 Å². The fourth-order valence-corrected chi connectivity index (χ4v) is 5.09. The van der Waals surface area contributed by atoms with Crippen molar-refractivity contribution in [3.8, 4) is 0 Å². The molecule has 36 heavy (non-hydrogen) atoms. The Labute approximate surface area is 215 Å². The van der Waals surface area contributed by atoms with Crippen molar-refractivity contribution in [1.29, 1.82) is 0 Å². The third kappa shape index (κ3) is 6.38. The second-order valence-corrected chi connectivity index (χ2v) is 12.6. The Morgan fingerprint density at radius 2 is 1.67 bits per heavy atom. The average Bonchev–Trinajstić information content (AvgIpc) is 3.32. The van der Waals surface area contributed by atoms with Gasteiger partial charge in [-0.2, -0.15) is 0 Å². The molecular formula is C28H43N3O5. The standard InChI is InChI=1S/C28H43N3O5/c1-17(2)15-20(29-24(33)18-9-11-19(12-10-18)27(3,4)5)25(34)30-14-13-21-23(30)22(32)16-31(21)26(35)36-28(6,7)8/h9-12,17,20-23,32H,13-16H2,1-8H3,(H,29,33)/t20-,21+,22?,23?/m0/s1. The third-order valence-corrected chi connectivity index (χ3v) is 6.83. The van der Waals surface area contributed by atoms with E-state index in [0.29, 0.717) is 24.9 Å². The molecule has 8 heteroatoms. The number of aliphatic hydroxyl groups is 1. The highest BCUT2D eigenvalue weighted by molar-refractivity contribution is 5.97. The quantitative estimate of drug-likeness (QED) is 0.641. The summed E-state index contributed by atoms with van der Waals surface area (Å²) in [7, 11) is 0. The van der Waals surface area contributed by atoms with Gasteiger partial charge in [-0.1, -0.05) is 46.8 Å². The summed E-state index contributed by atoms with van der Waals surface area (Å²) in [5, 5.41) is 13.8. The monoisotopic (exact) mass is 501 g/mol. The summed E-state index contributed by atoms with van der Waals surface area (Å²) >= 11 is 0. The molecule has 3 amide bonds. The zero-order valence-corrected chi connectivity index (χ0v) is 23.0. The lowest BCUT2D eigenvalue weighted by molar-refractivity contribution is -0.136. The lowest BCUT2D eigenvalue weighted by Crippen LogP contribution is -2.53. The first-order valence-corrected chi connectivity index (χ1v) is 13.0. The van der Waals surface area contributed by atoms with Crippen LogP contribution in [-0.4, -0.2) is 75.7 Å². The molecule has 0 aromatic heterocycles. The molecule has 2 fully saturated rings. The van der Waals surface area contributed by atoms with Crippen LogP contribution in [0.25, 0.3) is 0 Å². The molecule has 0 aliphatic carbocycles. The van der Waals surface area contributed by atoms with Crippen LogP contribution in [0.4, 0.5) is 4.79 Å². The van der Waals surface area contributed by atoms with E-state index < -0.39 is 29.9 Å². The first kappa shape index (κ1) is 28.0. The van der Waals surface area contributed by atoms with Crippen LogP contribution in [0.1, 0.15) is 84.2 Å². The van der Waals surface area contributed by atoms with Crippen LogP contribution in [0.5, 0.6) is 0 Å². The maximum Gasteiger partial charge on any atom is 0.410 e. The van der Waals surface area contributed by atoms with Gasteiger partial charge in [-0.05, 0) is 62.6 Å². The number of hydrogen-bond donors (Lipinski definition) is 2. The van der Waals surface area contributed by atoms with Gasteiger partial charge in [0.25, 0.3) is 5.91 Å². The summed E-state index contributed by atoms with van der Waals surface area (Å²) in [6.45, 7) is 16.3. The number of nitrogens with zero attached hydrogens (tertiary/aromatic N) is 2. The van der Waals surface area contributed by atoms with E-state index in [1.165, 1.54) is 0 Å². The number of carbonyl (C=O) groups excluding carboxylic acids is 3. The predicted octanol–water partition coefficient (Wildman–Crippen LogP) is 3.71. The number of β-amino-alcohol motifs (C(OH)–C–C–N with tert-alkyl or cyclic N) is 1. The smallest absolute Gasteiger partial charge is 0.410 e. The van der Waals surface area contributed by atoms with E-state index in [0.717, 1.165) is 5.56 Å². The molecule has 2 aliphatic rings. The number of aliphatic hydroxyl groups excluding tert-OH is 1. The van der Waals surface area contributed by atoms with E-state index in [1.54, 1.807) is 42.7 Å². The molecule has 0 spiro atoms. The van der Waals surface area contributed by atoms with Gasteiger partial charge in [-0.15, -0.1) is 0 Å². The van der Waals surface area contributed by atoms with Crippen LogP contribution >= 0.6 is 0 Å². The second kappa shape index (κ2) is 10.4. The molecule has 3 rings (SSSR count). The maximum absolute atomic E-state index is 13.7. The molecule has 0 saturated carbocycles. The van der Waals surface area contributed by atoms with Crippen LogP contribution in [0.2, 0.25) is 0 Å². The van der Waals surface area contributed by atoms with E-state index in [9.17, 15) is 19.5 Å². The Bertz CT molecular complexity index is 961. The van der Waals surface area contributed by atoms with Crippen molar-refractivity contribution in [2.45, 2.75) is 103 Å². The first-order valence-electron chi connectivity index (χ1n) is 13.0. The topological polar surface area (TPSA) is 99.2 Å². The molecule has 2 saturated heterocycles. The van der Waals surface area contributed by atoms with E-state index >= 15 is 0 Å². The lowest BCUT2D eigenvalue weighted by Gasteiger charge is -2.31. The van der Waals surface area contributed by atoms with Gasteiger partial charge in [0, 0.05) is 12.1 Å². The molecule has 200 valence electrons. The Hall–Kier alpha value is -2.61. The summed E-state index contributed by atoms with van der Waals surface area (Å²) < 4.78 is 5.52. The second-order valence-electron chi connectivity index (χ2n) is 12.6. The SMILES string of the molecule is CC(C)C[C@H](NC(=O)c1ccc(C(C)(C)C)cc1)C(=O)N1CC[C@@H]2C1C(O)CN2C(=O)OC(C)(C)C. The summed E-state index contributed by atoms with van der Waals surface area (Å²) in [4.78, 5) is 42.7. The largest absolute Gasteiger partial charge is 0.444 e. The molecule has 2 heterocycles. The zero-order valence-electron chi connectivity index (χ0n) is 23.0. The van der Waals surface area contributed by atoms with E-state index in [2.05, 4.69) is 26.1 Å². The van der Waals surface area contributed by atoms with Gasteiger partial charge >= 0.3 is 6.09 Å². The molecular weight excluding hydrogens is 458 g/mol. The first-order chi connectivity index (χ1) is 16.6. The molecule has 2 N–H and O–H groups in total. The highest BCUT2D eigenvalue weighted by Crippen LogP contribution is 2.34. The number of fused-ring (bicyclic) bond motifs is 1. The molecule has 1 aromatic rings. The number of ether oxygens (including phenoxy) is 1. The van der Waals surface area contributed by atoms with Crippen LogP contribution in [0.3, 0.4) is 0 Å². The molecule has 0 radical (unpaired) electrons. The van der Waals surface area contributed by atoms with Crippen molar-refractivity contribution >= 4 is 17.9 Å². The maximum atomic E-state index is 13.7. The van der Waals surface area contributed by atoms with Gasteiger partial charge in [0.1, 0.15) is 11.6 Å². The van der Waals surface area contributed by atoms with Crippen LogP contribution in [0, 0.1) is 5.92 Å². The van der Waals surface area contributed by atoms with E-state index in [4.69, 9.17) is 4.74 Å². The van der Waals surface area contributed by atoms with Crippen molar-refractivity contribution in [2.75, 3.05) is 13.1 Å². The molecule has 0 bridgehead atoms. The minimum Gasteiger partial charge on any atom is -0.444 e. The summed E-state index contributed by atoms with van der Waals surface area (Å²) in [6.07, 6.45) is -0.309. The molecule has 2 unspecified atom stereocenters. The minimum absolute atomic E-state index is 0.0211. The number of amides is 3. The Balaban J connectivity index is 1.74. The number of rotatable bonds is 5. The van der Waals surface area contributed by atoms with Gasteiger partial charge < -0.3 is 25.0 Å². The van der Waals surface area contributed by atoms with Gasteiger partial charge in [0.05, 0.1) is 24.7 Å². The Morgan fingerprint density at radius 1 is 1.06 bits per heavy atom. The van der Waals surface area contributed by atoms with Crippen molar-refractivity contribution in [3.63, 3.8) is 0 Å². The molecule has 4 atom stereocenters. The summed E-state index contributed by atoms with van der Waals surface area (Å²) in [5.74, 6) is -0.346. The fourth-order valence-electron chi connectivity index (χ4n) is 5.09. The molecule has 2 aliphatic heterocycles. The number of carbonyl (C=O) groups is 3. The number of nitrogens with one attached hydrogen (secondary N) is 1. The van der Waals surface area contributed by atoms with Gasteiger partial charge in [0.2, 0.25) is 5.91 Å². The van der Waals surface area contributed by atoms with E-state index in [-0.39, 0.29) is 35.7 Å². The van der Waals surface area contributed by atoms with Crippen molar-refractivity contribution in [1.82, 2.24) is 15.1 Å². The Kier molecular flexibility index (Phi) is 8.08. The predicted molar refractivity (Wildman–Crippen MR) is 139 cm³/mol.